The van der Waals surface area contributed by atoms with Crippen molar-refractivity contribution in [2.75, 3.05) is 6.61 Å². The largest absolute Gasteiger partial charge is 0.480 e. The van der Waals surface area contributed by atoms with Crippen LogP contribution in [0.4, 0.5) is 0 Å². The van der Waals surface area contributed by atoms with Gasteiger partial charge in [-0.25, -0.2) is 0 Å². The maximum absolute atomic E-state index is 11.5. The Bertz CT molecular complexity index is 238. The molecule has 0 spiro atoms. The van der Waals surface area contributed by atoms with Gasteiger partial charge < -0.3 is 15.6 Å². The Morgan fingerprint density at radius 3 is 2.40 bits per heavy atom. The van der Waals surface area contributed by atoms with E-state index in [1.54, 1.807) is 0 Å². The summed E-state index contributed by atoms with van der Waals surface area (Å²) in [6.07, 6.45) is 1.68. The first-order valence-electron chi connectivity index (χ1n) is 4.99. The van der Waals surface area contributed by atoms with Crippen molar-refractivity contribution in [3.05, 3.63) is 0 Å². The van der Waals surface area contributed by atoms with Crippen molar-refractivity contribution >= 4 is 11.9 Å². The second-order valence-electron chi connectivity index (χ2n) is 4.03. The Morgan fingerprint density at radius 1 is 1.47 bits per heavy atom. The van der Waals surface area contributed by atoms with Crippen molar-refractivity contribution in [3.8, 4) is 0 Å². The van der Waals surface area contributed by atoms with Crippen LogP contribution in [0.25, 0.3) is 0 Å². The van der Waals surface area contributed by atoms with Crippen LogP contribution >= 0.6 is 0 Å². The second kappa shape index (κ2) is 5.70. The average Bonchev–Trinajstić information content (AvgIpc) is 2.16. The molecule has 1 atom stereocenters. The van der Waals surface area contributed by atoms with E-state index < -0.39 is 23.4 Å². The molecular weight excluding hydrogens is 198 g/mol. The molecular formula is C10H19NO4. The highest BCUT2D eigenvalue weighted by Gasteiger charge is 2.40. The minimum absolute atomic E-state index is 0.311. The van der Waals surface area contributed by atoms with Crippen LogP contribution in [-0.4, -0.2) is 29.7 Å². The van der Waals surface area contributed by atoms with E-state index in [4.69, 9.17) is 15.6 Å². The zero-order chi connectivity index (χ0) is 12.1. The van der Waals surface area contributed by atoms with E-state index in [2.05, 4.69) is 0 Å². The summed E-state index contributed by atoms with van der Waals surface area (Å²) in [4.78, 5) is 22.2. The summed E-state index contributed by atoms with van der Waals surface area (Å²) < 4.78 is 4.94. The summed E-state index contributed by atoms with van der Waals surface area (Å²) in [7, 11) is 0. The van der Waals surface area contributed by atoms with Gasteiger partial charge in [-0.2, -0.15) is 0 Å². The van der Waals surface area contributed by atoms with Gasteiger partial charge in [0.25, 0.3) is 0 Å². The lowest BCUT2D eigenvalue weighted by Gasteiger charge is -2.26. The Morgan fingerprint density at radius 2 is 2.00 bits per heavy atom. The van der Waals surface area contributed by atoms with E-state index in [9.17, 15) is 9.59 Å². The molecule has 0 aliphatic rings. The van der Waals surface area contributed by atoms with Gasteiger partial charge in [0, 0.05) is 0 Å². The number of esters is 1. The van der Waals surface area contributed by atoms with Crippen LogP contribution in [-0.2, 0) is 14.3 Å². The molecule has 0 aromatic rings. The van der Waals surface area contributed by atoms with E-state index in [1.165, 1.54) is 13.8 Å². The average molecular weight is 217 g/mol. The van der Waals surface area contributed by atoms with Crippen LogP contribution in [0.3, 0.4) is 0 Å². The normalized spacial score (nSPS) is 13.3. The number of nitrogens with two attached hydrogens (primary N) is 1. The minimum atomic E-state index is -1.24. The van der Waals surface area contributed by atoms with Crippen molar-refractivity contribution in [2.45, 2.75) is 39.7 Å². The highest BCUT2D eigenvalue weighted by atomic mass is 16.5. The fourth-order valence-electron chi connectivity index (χ4n) is 0.931. The monoisotopic (exact) mass is 217 g/mol. The van der Waals surface area contributed by atoms with Crippen LogP contribution in [0.1, 0.15) is 33.6 Å². The third-order valence-electron chi connectivity index (χ3n) is 2.30. The molecule has 0 aliphatic carbocycles. The van der Waals surface area contributed by atoms with Gasteiger partial charge in [0.05, 0.1) is 12.0 Å². The third kappa shape index (κ3) is 3.87. The number of hydrogen-bond donors (Lipinski definition) is 2. The number of carbonyl (C=O) groups is 2. The lowest BCUT2D eigenvalue weighted by molar-refractivity contribution is -0.160. The number of unbranched alkanes of at least 4 members (excludes halogenated alkanes) is 1. The van der Waals surface area contributed by atoms with E-state index in [0.717, 1.165) is 12.8 Å². The molecule has 0 saturated carbocycles. The Hall–Kier alpha value is -1.10. The number of rotatable bonds is 6. The summed E-state index contributed by atoms with van der Waals surface area (Å²) in [5, 5.41) is 8.71. The van der Waals surface area contributed by atoms with Crippen LogP contribution in [0.2, 0.25) is 0 Å². The Balaban J connectivity index is 4.31. The van der Waals surface area contributed by atoms with E-state index in [-0.39, 0.29) is 0 Å². The fourth-order valence-corrected chi connectivity index (χ4v) is 0.931. The summed E-state index contributed by atoms with van der Waals surface area (Å²) in [6, 6.07) is -1.24. The number of ether oxygens (including phenoxy) is 1. The van der Waals surface area contributed by atoms with Gasteiger partial charge in [-0.05, 0) is 20.3 Å². The Kier molecular flexibility index (Phi) is 5.28. The lowest BCUT2D eigenvalue weighted by atomic mass is 9.85. The molecule has 5 nitrogen and oxygen atoms in total. The second-order valence-corrected chi connectivity index (χ2v) is 4.03. The molecule has 0 bridgehead atoms. The van der Waals surface area contributed by atoms with Crippen molar-refractivity contribution in [3.63, 3.8) is 0 Å². The molecule has 0 aromatic carbocycles. The summed E-state index contributed by atoms with van der Waals surface area (Å²) in [5.41, 5.74) is 4.20. The van der Waals surface area contributed by atoms with Crippen LogP contribution in [0, 0.1) is 5.41 Å². The quantitative estimate of drug-likeness (QED) is 0.506. The first-order valence-corrected chi connectivity index (χ1v) is 4.99. The van der Waals surface area contributed by atoms with Gasteiger partial charge in [-0.15, -0.1) is 0 Å². The molecule has 0 radical (unpaired) electrons. The minimum Gasteiger partial charge on any atom is -0.480 e. The number of carbonyl (C=O) groups excluding carboxylic acids is 1. The van der Waals surface area contributed by atoms with Gasteiger partial charge in [0.2, 0.25) is 0 Å². The van der Waals surface area contributed by atoms with E-state index in [1.807, 2.05) is 6.92 Å². The molecule has 0 aromatic heterocycles. The van der Waals surface area contributed by atoms with Crippen molar-refractivity contribution in [1.29, 1.82) is 0 Å². The SMILES string of the molecule is CCCCOC(=O)C(C)(C)[C@H](N)C(=O)O. The first-order chi connectivity index (χ1) is 6.84. The van der Waals surface area contributed by atoms with E-state index >= 15 is 0 Å². The summed E-state index contributed by atoms with van der Waals surface area (Å²) >= 11 is 0. The fraction of sp³-hybridized carbons (Fsp3) is 0.800. The standard InChI is InChI=1S/C10H19NO4/c1-4-5-6-15-9(14)10(2,3)7(11)8(12)13/h7H,4-6,11H2,1-3H3,(H,12,13)/t7-/m1/s1. The molecule has 0 rings (SSSR count). The summed E-state index contributed by atoms with van der Waals surface area (Å²) in [5.74, 6) is -1.77. The van der Waals surface area contributed by atoms with Gasteiger partial charge in [-0.1, -0.05) is 13.3 Å². The molecule has 0 aliphatic heterocycles. The smallest absolute Gasteiger partial charge is 0.321 e. The maximum Gasteiger partial charge on any atom is 0.321 e. The molecule has 5 heteroatoms. The highest BCUT2D eigenvalue weighted by molar-refractivity contribution is 5.86. The molecule has 88 valence electrons. The van der Waals surface area contributed by atoms with Crippen LogP contribution in [0.15, 0.2) is 0 Å². The maximum atomic E-state index is 11.5. The van der Waals surface area contributed by atoms with Gasteiger partial charge in [-0.3, -0.25) is 9.59 Å². The number of carboxylic acids is 1. The summed E-state index contributed by atoms with van der Waals surface area (Å²) in [6.45, 7) is 5.23. The molecule has 3 N–H and O–H groups in total. The number of aliphatic carboxylic acids is 1. The third-order valence-corrected chi connectivity index (χ3v) is 2.30. The lowest BCUT2D eigenvalue weighted by Crippen LogP contribution is -2.49. The first kappa shape index (κ1) is 13.9. The van der Waals surface area contributed by atoms with Crippen molar-refractivity contribution in [1.82, 2.24) is 0 Å². The predicted molar refractivity (Wildman–Crippen MR) is 55.3 cm³/mol. The van der Waals surface area contributed by atoms with Crippen LogP contribution in [0.5, 0.6) is 0 Å². The zero-order valence-electron chi connectivity index (χ0n) is 9.45. The van der Waals surface area contributed by atoms with E-state index in [0.29, 0.717) is 6.61 Å². The van der Waals surface area contributed by atoms with Gasteiger partial charge in [0.1, 0.15) is 6.04 Å². The molecule has 0 fully saturated rings. The number of hydrogen-bond acceptors (Lipinski definition) is 4. The predicted octanol–water partition coefficient (Wildman–Crippen LogP) is 0.768. The highest BCUT2D eigenvalue weighted by Crippen LogP contribution is 2.21. The molecule has 0 heterocycles. The number of carboxylic acid groups (broad SMARTS) is 1. The molecule has 0 unspecified atom stereocenters. The van der Waals surface area contributed by atoms with Crippen molar-refractivity contribution in [2.24, 2.45) is 11.1 Å². The molecule has 0 saturated heterocycles. The Labute approximate surface area is 89.6 Å². The van der Waals surface area contributed by atoms with Crippen molar-refractivity contribution < 1.29 is 19.4 Å². The topological polar surface area (TPSA) is 89.6 Å². The van der Waals surface area contributed by atoms with Gasteiger partial charge >= 0.3 is 11.9 Å². The zero-order valence-corrected chi connectivity index (χ0v) is 9.45. The molecule has 15 heavy (non-hydrogen) atoms. The van der Waals surface area contributed by atoms with Crippen LogP contribution < -0.4 is 5.73 Å². The van der Waals surface area contributed by atoms with Gasteiger partial charge in [0.15, 0.2) is 0 Å². The molecule has 0 amide bonds.